The van der Waals surface area contributed by atoms with E-state index in [2.05, 4.69) is 10.6 Å². The van der Waals surface area contributed by atoms with Crippen molar-refractivity contribution in [1.82, 2.24) is 10.6 Å². The normalized spacial score (nSPS) is 22.2. The summed E-state index contributed by atoms with van der Waals surface area (Å²) in [6.45, 7) is 0.690. The van der Waals surface area contributed by atoms with Crippen molar-refractivity contribution in [2.45, 2.75) is 50.7 Å². The number of piperidine rings is 1. The smallest absolute Gasteiger partial charge is 0.252 e. The number of nitrogens with one attached hydrogen (secondary N) is 2. The molecule has 1 aromatic rings. The first-order chi connectivity index (χ1) is 10.7. The number of benzene rings is 1. The number of carbonyl (C=O) groups excluding carboxylic acids is 2. The molecule has 0 spiro atoms. The Bertz CT molecular complexity index is 553. The zero-order chi connectivity index (χ0) is 15.4. The zero-order valence-electron chi connectivity index (χ0n) is 12.6. The quantitative estimate of drug-likeness (QED) is 0.894. The Balaban J connectivity index is 1.63. The highest BCUT2D eigenvalue weighted by molar-refractivity contribution is 5.97. The molecule has 0 unspecified atom stereocenters. The fraction of sp³-hybridized carbons (Fsp3) is 0.529. The first kappa shape index (κ1) is 14.9. The maximum Gasteiger partial charge on any atom is 0.252 e. The summed E-state index contributed by atoms with van der Waals surface area (Å²) in [6, 6.07) is 6.77. The van der Waals surface area contributed by atoms with E-state index < -0.39 is 6.04 Å². The second kappa shape index (κ2) is 6.81. The van der Waals surface area contributed by atoms with Crippen LogP contribution in [-0.4, -0.2) is 30.5 Å². The second-order valence-corrected chi connectivity index (χ2v) is 6.01. The van der Waals surface area contributed by atoms with Crippen LogP contribution in [0.25, 0.3) is 0 Å². The van der Waals surface area contributed by atoms with Gasteiger partial charge in [-0.2, -0.15) is 0 Å². The van der Waals surface area contributed by atoms with Gasteiger partial charge >= 0.3 is 0 Å². The lowest BCUT2D eigenvalue weighted by Gasteiger charge is -2.22. The number of amides is 2. The van der Waals surface area contributed by atoms with Gasteiger partial charge in [-0.05, 0) is 56.7 Å². The summed E-state index contributed by atoms with van der Waals surface area (Å²) in [5, 5.41) is 5.57. The number of rotatable bonds is 4. The summed E-state index contributed by atoms with van der Waals surface area (Å²) in [4.78, 5) is 24.0. The molecule has 1 saturated heterocycles. The SMILES string of the molecule is O=C(N[C@@H]1CCCNC1=O)c1cccc(OC2CCCC2)c1. The molecule has 0 bridgehead atoms. The molecule has 2 aliphatic rings. The largest absolute Gasteiger partial charge is 0.490 e. The lowest BCUT2D eigenvalue weighted by atomic mass is 10.1. The molecule has 1 heterocycles. The molecule has 3 rings (SSSR count). The van der Waals surface area contributed by atoms with Crippen molar-refractivity contribution in [2.24, 2.45) is 0 Å². The molecule has 2 N–H and O–H groups in total. The Kier molecular flexibility index (Phi) is 4.61. The molecular weight excluding hydrogens is 280 g/mol. The van der Waals surface area contributed by atoms with Crippen LogP contribution in [-0.2, 0) is 4.79 Å². The van der Waals surface area contributed by atoms with Crippen LogP contribution in [0.1, 0.15) is 48.9 Å². The van der Waals surface area contributed by atoms with Crippen molar-refractivity contribution < 1.29 is 14.3 Å². The van der Waals surface area contributed by atoms with Crippen LogP contribution in [0, 0.1) is 0 Å². The van der Waals surface area contributed by atoms with Crippen LogP contribution in [0.4, 0.5) is 0 Å². The van der Waals surface area contributed by atoms with E-state index in [0.29, 0.717) is 18.5 Å². The van der Waals surface area contributed by atoms with E-state index in [1.54, 1.807) is 12.1 Å². The van der Waals surface area contributed by atoms with Gasteiger partial charge in [-0.25, -0.2) is 0 Å². The molecule has 22 heavy (non-hydrogen) atoms. The highest BCUT2D eigenvalue weighted by atomic mass is 16.5. The van der Waals surface area contributed by atoms with Gasteiger partial charge in [0.1, 0.15) is 11.8 Å². The molecule has 1 aromatic carbocycles. The molecular formula is C17H22N2O3. The molecule has 0 aromatic heterocycles. The lowest BCUT2D eigenvalue weighted by molar-refractivity contribution is -0.124. The van der Waals surface area contributed by atoms with Gasteiger partial charge in [0, 0.05) is 12.1 Å². The average Bonchev–Trinajstić information content (AvgIpc) is 3.03. The molecule has 1 atom stereocenters. The summed E-state index contributed by atoms with van der Waals surface area (Å²) in [5.74, 6) is 0.407. The monoisotopic (exact) mass is 302 g/mol. The van der Waals surface area contributed by atoms with Crippen LogP contribution < -0.4 is 15.4 Å². The summed E-state index contributed by atoms with van der Waals surface area (Å²) in [5.41, 5.74) is 0.536. The lowest BCUT2D eigenvalue weighted by Crippen LogP contribution is -2.50. The van der Waals surface area contributed by atoms with E-state index in [-0.39, 0.29) is 17.9 Å². The van der Waals surface area contributed by atoms with Gasteiger partial charge in [0.2, 0.25) is 5.91 Å². The number of hydrogen-bond donors (Lipinski definition) is 2. The van der Waals surface area contributed by atoms with Crippen molar-refractivity contribution in [3.05, 3.63) is 29.8 Å². The molecule has 1 aliphatic carbocycles. The van der Waals surface area contributed by atoms with E-state index in [4.69, 9.17) is 4.74 Å². The van der Waals surface area contributed by atoms with Crippen molar-refractivity contribution >= 4 is 11.8 Å². The number of hydrogen-bond acceptors (Lipinski definition) is 3. The van der Waals surface area contributed by atoms with Crippen molar-refractivity contribution in [3.63, 3.8) is 0 Å². The van der Waals surface area contributed by atoms with E-state index in [1.807, 2.05) is 12.1 Å². The van der Waals surface area contributed by atoms with E-state index in [0.717, 1.165) is 25.0 Å². The number of ether oxygens (including phenoxy) is 1. The predicted molar refractivity (Wildman–Crippen MR) is 82.8 cm³/mol. The maximum absolute atomic E-state index is 12.3. The summed E-state index contributed by atoms with van der Waals surface area (Å²) < 4.78 is 5.92. The molecule has 5 heteroatoms. The Morgan fingerprint density at radius 3 is 2.77 bits per heavy atom. The van der Waals surface area contributed by atoms with Crippen LogP contribution in [0.2, 0.25) is 0 Å². The van der Waals surface area contributed by atoms with Crippen LogP contribution in [0.3, 0.4) is 0 Å². The van der Waals surface area contributed by atoms with Gasteiger partial charge in [0.15, 0.2) is 0 Å². The molecule has 1 saturated carbocycles. The predicted octanol–water partition coefficient (Wildman–Crippen LogP) is 2.02. The van der Waals surface area contributed by atoms with E-state index in [9.17, 15) is 9.59 Å². The van der Waals surface area contributed by atoms with Gasteiger partial charge < -0.3 is 15.4 Å². The van der Waals surface area contributed by atoms with Crippen molar-refractivity contribution in [2.75, 3.05) is 6.54 Å². The van der Waals surface area contributed by atoms with Gasteiger partial charge in [-0.15, -0.1) is 0 Å². The van der Waals surface area contributed by atoms with Gasteiger partial charge in [0.25, 0.3) is 5.91 Å². The third-order valence-corrected chi connectivity index (χ3v) is 4.29. The van der Waals surface area contributed by atoms with Crippen LogP contribution in [0.15, 0.2) is 24.3 Å². The first-order valence-electron chi connectivity index (χ1n) is 8.08. The van der Waals surface area contributed by atoms with Gasteiger partial charge in [0.05, 0.1) is 6.10 Å². The summed E-state index contributed by atoms with van der Waals surface area (Å²) in [6.07, 6.45) is 6.43. The third-order valence-electron chi connectivity index (χ3n) is 4.29. The van der Waals surface area contributed by atoms with Crippen molar-refractivity contribution in [3.8, 4) is 5.75 Å². The van der Waals surface area contributed by atoms with Crippen molar-refractivity contribution in [1.29, 1.82) is 0 Å². The first-order valence-corrected chi connectivity index (χ1v) is 8.08. The van der Waals surface area contributed by atoms with Gasteiger partial charge in [-0.3, -0.25) is 9.59 Å². The Morgan fingerprint density at radius 1 is 1.18 bits per heavy atom. The second-order valence-electron chi connectivity index (χ2n) is 6.01. The van der Waals surface area contributed by atoms with Crippen LogP contribution in [0.5, 0.6) is 5.75 Å². The fourth-order valence-corrected chi connectivity index (χ4v) is 3.06. The molecule has 2 fully saturated rings. The highest BCUT2D eigenvalue weighted by Gasteiger charge is 2.24. The summed E-state index contributed by atoms with van der Waals surface area (Å²) in [7, 11) is 0. The third kappa shape index (κ3) is 3.59. The van der Waals surface area contributed by atoms with Crippen LogP contribution >= 0.6 is 0 Å². The highest BCUT2D eigenvalue weighted by Crippen LogP contribution is 2.24. The molecule has 2 amide bonds. The molecule has 1 aliphatic heterocycles. The van der Waals surface area contributed by atoms with E-state index in [1.165, 1.54) is 12.8 Å². The Labute approximate surface area is 130 Å². The molecule has 5 nitrogen and oxygen atoms in total. The minimum absolute atomic E-state index is 0.0991. The van der Waals surface area contributed by atoms with Gasteiger partial charge in [-0.1, -0.05) is 6.07 Å². The topological polar surface area (TPSA) is 67.4 Å². The average molecular weight is 302 g/mol. The minimum atomic E-state index is -0.430. The standard InChI is InChI=1S/C17H22N2O3/c20-16(19-15-9-4-10-18-17(15)21)12-5-3-8-14(11-12)22-13-6-1-2-7-13/h3,5,8,11,13,15H,1-2,4,6-7,9-10H2,(H,18,21)(H,19,20)/t15-/m1/s1. The fourth-order valence-electron chi connectivity index (χ4n) is 3.06. The number of carbonyl (C=O) groups is 2. The van der Waals surface area contributed by atoms with E-state index >= 15 is 0 Å². The molecule has 0 radical (unpaired) electrons. The maximum atomic E-state index is 12.3. The zero-order valence-corrected chi connectivity index (χ0v) is 12.6. The Morgan fingerprint density at radius 2 is 2.00 bits per heavy atom. The Hall–Kier alpha value is -2.04. The molecule has 118 valence electrons. The minimum Gasteiger partial charge on any atom is -0.490 e. The summed E-state index contributed by atoms with van der Waals surface area (Å²) >= 11 is 0.